The van der Waals surface area contributed by atoms with Crippen LogP contribution in [0.5, 0.6) is 5.75 Å². The van der Waals surface area contributed by atoms with Gasteiger partial charge in [0, 0.05) is 6.54 Å². The highest BCUT2D eigenvalue weighted by molar-refractivity contribution is 5.27. The van der Waals surface area contributed by atoms with Gasteiger partial charge in [0.2, 0.25) is 0 Å². The summed E-state index contributed by atoms with van der Waals surface area (Å²) in [5.41, 5.74) is 1.04. The fourth-order valence-corrected chi connectivity index (χ4v) is 2.33. The second-order valence-corrected chi connectivity index (χ2v) is 5.33. The van der Waals surface area contributed by atoms with Crippen LogP contribution in [-0.4, -0.2) is 19.3 Å². The molecule has 21 heavy (non-hydrogen) atoms. The molecule has 2 nitrogen and oxygen atoms in total. The molecule has 1 aliphatic carbocycles. The molecule has 0 fully saturated rings. The number of rotatable bonds is 6. The van der Waals surface area contributed by atoms with Crippen LogP contribution in [-0.2, 0) is 6.54 Å². The van der Waals surface area contributed by atoms with Crippen molar-refractivity contribution in [3.8, 4) is 5.75 Å². The minimum absolute atomic E-state index is 0.244. The average Bonchev–Trinajstić information content (AvgIpc) is 2.47. The minimum atomic E-state index is -4.30. The van der Waals surface area contributed by atoms with Crippen molar-refractivity contribution in [3.63, 3.8) is 0 Å². The van der Waals surface area contributed by atoms with Gasteiger partial charge < -0.3 is 10.1 Å². The van der Waals surface area contributed by atoms with E-state index < -0.39 is 12.8 Å². The molecule has 1 atom stereocenters. The Labute approximate surface area is 123 Å². The number of allylic oxidation sites excluding steroid dienone is 2. The standard InChI is InChI=1S/C16H20F3NO/c17-16(18,19)12-21-15-8-6-14(7-9-15)11-20-10-13-4-2-1-3-5-13/h1-2,6-9,13,20H,3-5,10-12H2. The summed E-state index contributed by atoms with van der Waals surface area (Å²) in [6.45, 7) is 0.441. The highest BCUT2D eigenvalue weighted by Crippen LogP contribution is 2.19. The molecule has 1 aliphatic rings. The maximum atomic E-state index is 12.0. The predicted octanol–water partition coefficient (Wildman–Crippen LogP) is 4.07. The van der Waals surface area contributed by atoms with Crippen LogP contribution in [0.15, 0.2) is 36.4 Å². The SMILES string of the molecule is FC(F)(F)COc1ccc(CNCC2CC=CCC2)cc1. The maximum Gasteiger partial charge on any atom is 0.422 e. The predicted molar refractivity (Wildman–Crippen MR) is 76.2 cm³/mol. The quantitative estimate of drug-likeness (QED) is 0.799. The van der Waals surface area contributed by atoms with Crippen molar-refractivity contribution < 1.29 is 17.9 Å². The molecule has 5 heteroatoms. The van der Waals surface area contributed by atoms with Crippen molar-refractivity contribution in [1.29, 1.82) is 0 Å². The summed E-state index contributed by atoms with van der Waals surface area (Å²) in [6, 6.07) is 6.73. The maximum absolute atomic E-state index is 12.0. The zero-order chi connectivity index (χ0) is 15.1. The van der Waals surface area contributed by atoms with Gasteiger partial charge in [0.05, 0.1) is 0 Å². The number of ether oxygens (including phenoxy) is 1. The third kappa shape index (κ3) is 6.21. The van der Waals surface area contributed by atoms with Gasteiger partial charge in [-0.2, -0.15) is 13.2 Å². The van der Waals surface area contributed by atoms with Crippen molar-refractivity contribution in [1.82, 2.24) is 5.32 Å². The number of halogens is 3. The summed E-state index contributed by atoms with van der Waals surface area (Å²) in [5.74, 6) is 0.929. The summed E-state index contributed by atoms with van der Waals surface area (Å²) in [4.78, 5) is 0. The highest BCUT2D eigenvalue weighted by Gasteiger charge is 2.28. The lowest BCUT2D eigenvalue weighted by Gasteiger charge is -2.18. The van der Waals surface area contributed by atoms with Crippen LogP contribution in [0.1, 0.15) is 24.8 Å². The van der Waals surface area contributed by atoms with E-state index in [4.69, 9.17) is 0 Å². The van der Waals surface area contributed by atoms with E-state index >= 15 is 0 Å². The van der Waals surface area contributed by atoms with Gasteiger partial charge in [-0.25, -0.2) is 0 Å². The van der Waals surface area contributed by atoms with Gasteiger partial charge in [0.15, 0.2) is 6.61 Å². The van der Waals surface area contributed by atoms with Crippen molar-refractivity contribution in [2.75, 3.05) is 13.2 Å². The first kappa shape index (κ1) is 15.9. The molecule has 0 radical (unpaired) electrons. The van der Waals surface area contributed by atoms with Gasteiger partial charge in [-0.05, 0) is 49.4 Å². The Hall–Kier alpha value is -1.49. The summed E-state index contributed by atoms with van der Waals surface area (Å²) in [7, 11) is 0. The number of benzene rings is 1. The topological polar surface area (TPSA) is 21.3 Å². The first-order valence-corrected chi connectivity index (χ1v) is 7.17. The molecule has 116 valence electrons. The van der Waals surface area contributed by atoms with Crippen molar-refractivity contribution in [3.05, 3.63) is 42.0 Å². The molecule has 1 unspecified atom stereocenters. The molecule has 1 aromatic rings. The van der Waals surface area contributed by atoms with Crippen LogP contribution < -0.4 is 10.1 Å². The van der Waals surface area contributed by atoms with Gasteiger partial charge in [0.1, 0.15) is 5.75 Å². The van der Waals surface area contributed by atoms with Crippen LogP contribution >= 0.6 is 0 Å². The summed E-state index contributed by atoms with van der Waals surface area (Å²) >= 11 is 0. The molecule has 0 saturated carbocycles. The Morgan fingerprint density at radius 1 is 1.14 bits per heavy atom. The molecule has 0 amide bonds. The van der Waals surface area contributed by atoms with E-state index in [0.29, 0.717) is 5.92 Å². The third-order valence-corrected chi connectivity index (χ3v) is 3.47. The second kappa shape index (κ2) is 7.50. The van der Waals surface area contributed by atoms with Crippen molar-refractivity contribution >= 4 is 0 Å². The van der Waals surface area contributed by atoms with E-state index in [-0.39, 0.29) is 5.75 Å². The Bertz CT molecular complexity index is 454. The fraction of sp³-hybridized carbons (Fsp3) is 0.500. The van der Waals surface area contributed by atoms with E-state index in [9.17, 15) is 13.2 Å². The van der Waals surface area contributed by atoms with E-state index in [1.54, 1.807) is 24.3 Å². The van der Waals surface area contributed by atoms with Crippen LogP contribution in [0.4, 0.5) is 13.2 Å². The largest absolute Gasteiger partial charge is 0.484 e. The van der Waals surface area contributed by atoms with E-state index in [1.807, 2.05) is 0 Å². The molecular weight excluding hydrogens is 279 g/mol. The molecule has 2 rings (SSSR count). The van der Waals surface area contributed by atoms with Gasteiger partial charge in [-0.3, -0.25) is 0 Å². The Kier molecular flexibility index (Phi) is 5.67. The molecular formula is C16H20F3NO. The first-order valence-electron chi connectivity index (χ1n) is 7.17. The summed E-state index contributed by atoms with van der Waals surface area (Å²) in [6.07, 6.45) is 3.63. The molecule has 0 spiro atoms. The molecule has 1 aromatic carbocycles. The molecule has 1 N–H and O–H groups in total. The number of hydrogen-bond acceptors (Lipinski definition) is 2. The summed E-state index contributed by atoms with van der Waals surface area (Å²) < 4.78 is 40.7. The van der Waals surface area contributed by atoms with Crippen LogP contribution in [0.3, 0.4) is 0 Å². The Balaban J connectivity index is 1.70. The first-order chi connectivity index (χ1) is 10.0. The van der Waals surface area contributed by atoms with E-state index in [0.717, 1.165) is 31.5 Å². The van der Waals surface area contributed by atoms with Crippen LogP contribution in [0.25, 0.3) is 0 Å². The number of nitrogens with one attached hydrogen (secondary N) is 1. The monoisotopic (exact) mass is 299 g/mol. The number of alkyl halides is 3. The molecule has 0 aromatic heterocycles. The van der Waals surface area contributed by atoms with Gasteiger partial charge in [-0.1, -0.05) is 24.3 Å². The highest BCUT2D eigenvalue weighted by atomic mass is 19.4. The second-order valence-electron chi connectivity index (χ2n) is 5.33. The lowest BCUT2D eigenvalue weighted by Crippen LogP contribution is -2.23. The zero-order valence-corrected chi connectivity index (χ0v) is 11.8. The summed E-state index contributed by atoms with van der Waals surface area (Å²) in [5, 5.41) is 3.39. The van der Waals surface area contributed by atoms with Crippen LogP contribution in [0.2, 0.25) is 0 Å². The van der Waals surface area contributed by atoms with Crippen LogP contribution in [0, 0.1) is 5.92 Å². The fourth-order valence-electron chi connectivity index (χ4n) is 2.33. The normalized spacial score (nSPS) is 18.7. The van der Waals surface area contributed by atoms with Gasteiger partial charge in [0.25, 0.3) is 0 Å². The zero-order valence-electron chi connectivity index (χ0n) is 11.8. The lowest BCUT2D eigenvalue weighted by atomic mass is 9.94. The Morgan fingerprint density at radius 3 is 2.52 bits per heavy atom. The molecule has 0 heterocycles. The van der Waals surface area contributed by atoms with Crippen molar-refractivity contribution in [2.45, 2.75) is 32.0 Å². The smallest absolute Gasteiger partial charge is 0.422 e. The van der Waals surface area contributed by atoms with E-state index in [2.05, 4.69) is 22.2 Å². The average molecular weight is 299 g/mol. The number of hydrogen-bond donors (Lipinski definition) is 1. The molecule has 0 aliphatic heterocycles. The Morgan fingerprint density at radius 2 is 1.90 bits per heavy atom. The lowest BCUT2D eigenvalue weighted by molar-refractivity contribution is -0.153. The third-order valence-electron chi connectivity index (χ3n) is 3.47. The minimum Gasteiger partial charge on any atom is -0.484 e. The molecule has 0 saturated heterocycles. The van der Waals surface area contributed by atoms with Crippen molar-refractivity contribution in [2.24, 2.45) is 5.92 Å². The van der Waals surface area contributed by atoms with Gasteiger partial charge >= 0.3 is 6.18 Å². The van der Waals surface area contributed by atoms with Gasteiger partial charge in [-0.15, -0.1) is 0 Å². The molecule has 0 bridgehead atoms. The van der Waals surface area contributed by atoms with E-state index in [1.165, 1.54) is 6.42 Å².